The van der Waals surface area contributed by atoms with Crippen molar-refractivity contribution >= 4 is 31.3 Å². The van der Waals surface area contributed by atoms with Crippen LogP contribution in [0.4, 0.5) is 0 Å². The highest BCUT2D eigenvalue weighted by Gasteiger charge is 2.04. The lowest BCUT2D eigenvalue weighted by Crippen LogP contribution is -2.25. The van der Waals surface area contributed by atoms with Gasteiger partial charge in [0.1, 0.15) is 7.85 Å². The summed E-state index contributed by atoms with van der Waals surface area (Å²) in [5.41, 5.74) is 4.75. The molecule has 3 aromatic carbocycles. The third-order valence-electron chi connectivity index (χ3n) is 3.93. The molecule has 1 nitrogen and oxygen atoms in total. The van der Waals surface area contributed by atoms with Crippen LogP contribution < -0.4 is 15.9 Å². The van der Waals surface area contributed by atoms with Gasteiger partial charge < -0.3 is 0 Å². The maximum atomic E-state index is 5.78. The molecule has 0 aromatic heterocycles. The van der Waals surface area contributed by atoms with Crippen LogP contribution in [-0.2, 0) is 0 Å². The third-order valence-corrected chi connectivity index (χ3v) is 3.93. The number of hydrogen-bond donors (Lipinski definition) is 0. The topological polar surface area (TPSA) is 12.4 Å². The van der Waals surface area contributed by atoms with Gasteiger partial charge in [-0.05, 0) is 17.7 Å². The smallest absolute Gasteiger partial charge is 0.113 e. The molecule has 0 aliphatic carbocycles. The molecule has 0 amide bonds. The van der Waals surface area contributed by atoms with Gasteiger partial charge in [0.25, 0.3) is 0 Å². The first kappa shape index (κ1) is 16.0. The Morgan fingerprint density at radius 3 is 2.08 bits per heavy atom. The van der Waals surface area contributed by atoms with Crippen molar-refractivity contribution in [2.24, 2.45) is 4.99 Å². The van der Waals surface area contributed by atoms with E-state index in [4.69, 9.17) is 12.8 Å². The van der Waals surface area contributed by atoms with Crippen LogP contribution in [0.15, 0.2) is 83.9 Å². The van der Waals surface area contributed by atoms with Gasteiger partial charge in [0.15, 0.2) is 0 Å². The zero-order valence-corrected chi connectivity index (χ0v) is 13.7. The lowest BCUT2D eigenvalue weighted by atomic mass is 9.94. The van der Waals surface area contributed by atoms with Crippen LogP contribution in [0, 0.1) is 0 Å². The van der Waals surface area contributed by atoms with E-state index in [2.05, 4.69) is 24.8 Å². The molecule has 0 aliphatic rings. The number of hydrogen-bond acceptors (Lipinski definition) is 1. The minimum Gasteiger partial charge on any atom is -0.252 e. The zero-order valence-electron chi connectivity index (χ0n) is 13.7. The Balaban J connectivity index is 2.22. The molecule has 0 bridgehead atoms. The van der Waals surface area contributed by atoms with E-state index in [1.807, 2.05) is 67.6 Å². The molecular weight excluding hydrogens is 289 g/mol. The minimum absolute atomic E-state index is 0.752. The van der Waals surface area contributed by atoms with E-state index < -0.39 is 0 Å². The molecular formula is C22H18BN. The fraction of sp³-hybridized carbons (Fsp3) is 0.0455. The van der Waals surface area contributed by atoms with E-state index >= 15 is 0 Å². The average molecular weight is 307 g/mol. The van der Waals surface area contributed by atoms with Gasteiger partial charge in [-0.1, -0.05) is 90.9 Å². The Morgan fingerprint density at radius 1 is 0.792 bits per heavy atom. The molecule has 0 saturated heterocycles. The van der Waals surface area contributed by atoms with Crippen LogP contribution in [0.1, 0.15) is 18.1 Å². The highest BCUT2D eigenvalue weighted by molar-refractivity contribution is 6.32. The average Bonchev–Trinajstić information content (AvgIpc) is 2.61. The monoisotopic (exact) mass is 307 g/mol. The van der Waals surface area contributed by atoms with E-state index in [9.17, 15) is 0 Å². The number of benzene rings is 3. The van der Waals surface area contributed by atoms with Gasteiger partial charge in [-0.15, -0.1) is 0 Å². The van der Waals surface area contributed by atoms with Crippen molar-refractivity contribution in [1.29, 1.82) is 0 Å². The molecule has 0 unspecified atom stereocenters. The first-order valence-electron chi connectivity index (χ1n) is 7.90. The maximum Gasteiger partial charge on any atom is 0.113 e. The Morgan fingerprint density at radius 2 is 1.42 bits per heavy atom. The predicted octanol–water partition coefficient (Wildman–Crippen LogP) is 2.56. The second-order valence-electron chi connectivity index (χ2n) is 5.69. The first-order chi connectivity index (χ1) is 11.6. The summed E-state index contributed by atoms with van der Waals surface area (Å²) in [4.78, 5) is 4.93. The van der Waals surface area contributed by atoms with Crippen LogP contribution in [0.2, 0.25) is 0 Å². The summed E-state index contributed by atoms with van der Waals surface area (Å²) < 4.78 is 0. The Hall–Kier alpha value is -2.87. The van der Waals surface area contributed by atoms with Gasteiger partial charge in [0.05, 0.1) is 5.70 Å². The summed E-state index contributed by atoms with van der Waals surface area (Å²) in [6.45, 7) is 6.17. The molecule has 2 radical (unpaired) electrons. The molecule has 24 heavy (non-hydrogen) atoms. The SMILES string of the molecule is [B]c1ccc(C(C)=N/C(c2ccccc2)=c2/ccccc2=C)cc1. The summed E-state index contributed by atoms with van der Waals surface area (Å²) >= 11 is 0. The molecule has 114 valence electrons. The van der Waals surface area contributed by atoms with Gasteiger partial charge in [0.2, 0.25) is 0 Å². The summed E-state index contributed by atoms with van der Waals surface area (Å²) in [6.07, 6.45) is 0. The number of rotatable bonds is 3. The molecule has 3 aromatic rings. The normalized spacial score (nSPS) is 12.8. The highest BCUT2D eigenvalue weighted by atomic mass is 14.8. The van der Waals surface area contributed by atoms with Crippen molar-refractivity contribution in [2.75, 3.05) is 0 Å². The van der Waals surface area contributed by atoms with Crippen LogP contribution in [-0.4, -0.2) is 13.6 Å². The van der Waals surface area contributed by atoms with Crippen molar-refractivity contribution in [2.45, 2.75) is 6.92 Å². The summed E-state index contributed by atoms with van der Waals surface area (Å²) in [7, 11) is 5.78. The van der Waals surface area contributed by atoms with Crippen molar-refractivity contribution in [3.63, 3.8) is 0 Å². The molecule has 3 rings (SSSR count). The molecule has 0 heterocycles. The van der Waals surface area contributed by atoms with Crippen LogP contribution in [0.3, 0.4) is 0 Å². The summed E-state index contributed by atoms with van der Waals surface area (Å²) in [5.74, 6) is 0. The van der Waals surface area contributed by atoms with Crippen molar-refractivity contribution in [3.8, 4) is 0 Å². The summed E-state index contributed by atoms with van der Waals surface area (Å²) in [6, 6.07) is 26.0. The maximum absolute atomic E-state index is 5.78. The van der Waals surface area contributed by atoms with E-state index in [0.717, 1.165) is 38.4 Å². The van der Waals surface area contributed by atoms with Crippen molar-refractivity contribution in [3.05, 3.63) is 100 Å². The lowest BCUT2D eigenvalue weighted by molar-refractivity contribution is 1.39. The Kier molecular flexibility index (Phi) is 4.76. The predicted molar refractivity (Wildman–Crippen MR) is 104 cm³/mol. The molecule has 0 aliphatic heterocycles. The van der Waals surface area contributed by atoms with Gasteiger partial charge in [-0.3, -0.25) is 4.99 Å². The number of aliphatic imine (C=N–C) groups is 1. The van der Waals surface area contributed by atoms with Crippen LogP contribution >= 0.6 is 0 Å². The van der Waals surface area contributed by atoms with Gasteiger partial charge in [-0.25, -0.2) is 0 Å². The molecule has 0 saturated carbocycles. The van der Waals surface area contributed by atoms with E-state index in [1.165, 1.54) is 0 Å². The van der Waals surface area contributed by atoms with Gasteiger partial charge in [0, 0.05) is 16.5 Å². The Labute approximate surface area is 144 Å². The fourth-order valence-electron chi connectivity index (χ4n) is 2.58. The molecule has 0 spiro atoms. The second kappa shape index (κ2) is 7.14. The summed E-state index contributed by atoms with van der Waals surface area (Å²) in [5, 5.41) is 2.00. The lowest BCUT2D eigenvalue weighted by Gasteiger charge is -2.07. The largest absolute Gasteiger partial charge is 0.252 e. The molecule has 0 N–H and O–H groups in total. The zero-order chi connectivity index (χ0) is 16.9. The van der Waals surface area contributed by atoms with E-state index in [-0.39, 0.29) is 0 Å². The van der Waals surface area contributed by atoms with E-state index in [0.29, 0.717) is 0 Å². The quantitative estimate of drug-likeness (QED) is 0.521. The third kappa shape index (κ3) is 3.54. The molecule has 0 atom stereocenters. The highest BCUT2D eigenvalue weighted by Crippen LogP contribution is 2.14. The van der Waals surface area contributed by atoms with E-state index in [1.54, 1.807) is 0 Å². The Bertz CT molecular complexity index is 970. The molecule has 0 fully saturated rings. The standard InChI is InChI=1S/C22H18BN/c1-16-8-6-7-11-21(16)22(19-9-4-3-5-10-19)24-17(2)18-12-14-20(23)15-13-18/h3-15H,1H2,2H3/b22-21-,24-17?. The second-order valence-corrected chi connectivity index (χ2v) is 5.69. The van der Waals surface area contributed by atoms with Gasteiger partial charge >= 0.3 is 0 Å². The fourth-order valence-corrected chi connectivity index (χ4v) is 2.58. The van der Waals surface area contributed by atoms with Crippen molar-refractivity contribution < 1.29 is 0 Å². The van der Waals surface area contributed by atoms with Crippen LogP contribution in [0.25, 0.3) is 12.3 Å². The number of nitrogens with zero attached hydrogens (tertiary/aromatic N) is 1. The van der Waals surface area contributed by atoms with Gasteiger partial charge in [-0.2, -0.15) is 0 Å². The van der Waals surface area contributed by atoms with Crippen LogP contribution in [0.5, 0.6) is 0 Å². The minimum atomic E-state index is 0.752. The molecule has 2 heteroatoms. The van der Waals surface area contributed by atoms with Crippen molar-refractivity contribution in [1.82, 2.24) is 0 Å². The first-order valence-corrected chi connectivity index (χ1v) is 7.90.